The van der Waals surface area contributed by atoms with Crippen LogP contribution in [0, 0.1) is 0 Å². The van der Waals surface area contributed by atoms with Gasteiger partial charge in [-0.1, -0.05) is 12.1 Å². The number of carbonyl (C=O) groups excluding carboxylic acids is 1. The van der Waals surface area contributed by atoms with Crippen LogP contribution < -0.4 is 9.47 Å². The van der Waals surface area contributed by atoms with Crippen molar-refractivity contribution in [2.75, 3.05) is 26.8 Å². The summed E-state index contributed by atoms with van der Waals surface area (Å²) in [6.45, 7) is 4.81. The molecule has 1 aliphatic heterocycles. The molecule has 0 atom stereocenters. The fourth-order valence-corrected chi connectivity index (χ4v) is 3.38. The molecule has 0 aliphatic carbocycles. The number of aromatic nitrogens is 2. The predicted molar refractivity (Wildman–Crippen MR) is 106 cm³/mol. The van der Waals surface area contributed by atoms with Gasteiger partial charge in [0.25, 0.3) is 5.91 Å². The number of aromatic carboxylic acids is 1. The van der Waals surface area contributed by atoms with Gasteiger partial charge in [0, 0.05) is 19.3 Å². The Labute approximate surface area is 169 Å². The minimum Gasteiger partial charge on any atom is -0.493 e. The number of amides is 1. The van der Waals surface area contributed by atoms with Gasteiger partial charge in [-0.25, -0.2) is 4.79 Å². The first-order chi connectivity index (χ1) is 14.0. The van der Waals surface area contributed by atoms with E-state index in [1.807, 2.05) is 18.2 Å². The quantitative estimate of drug-likeness (QED) is 0.686. The van der Waals surface area contributed by atoms with Crippen molar-refractivity contribution in [1.29, 1.82) is 0 Å². The van der Waals surface area contributed by atoms with Crippen molar-refractivity contribution >= 4 is 11.9 Å². The van der Waals surface area contributed by atoms with E-state index in [4.69, 9.17) is 14.6 Å². The van der Waals surface area contributed by atoms with Crippen LogP contribution in [-0.4, -0.2) is 58.5 Å². The Balaban J connectivity index is 1.52. The molecule has 1 fully saturated rings. The third-order valence-corrected chi connectivity index (χ3v) is 5.00. The average molecular weight is 399 g/mol. The van der Waals surface area contributed by atoms with Crippen molar-refractivity contribution in [1.82, 2.24) is 14.7 Å². The molecule has 0 bridgehead atoms. The van der Waals surface area contributed by atoms with E-state index in [2.05, 4.69) is 11.7 Å². The number of methoxy groups -OCH3 is 1. The van der Waals surface area contributed by atoms with Crippen LogP contribution in [0.1, 0.15) is 34.8 Å². The van der Waals surface area contributed by atoms with Crippen LogP contribution in [0.3, 0.4) is 0 Å². The number of allylic oxidation sites excluding steroid dienone is 1. The van der Waals surface area contributed by atoms with E-state index in [9.17, 15) is 9.59 Å². The monoisotopic (exact) mass is 399 g/mol. The molecule has 1 N–H and O–H groups in total. The molecule has 1 amide bonds. The van der Waals surface area contributed by atoms with Gasteiger partial charge in [-0.15, -0.1) is 6.58 Å². The predicted octanol–water partition coefficient (Wildman–Crippen LogP) is 2.56. The van der Waals surface area contributed by atoms with Crippen molar-refractivity contribution in [3.05, 3.63) is 54.4 Å². The Kier molecular flexibility index (Phi) is 6.54. The number of hydrogen-bond acceptors (Lipinski definition) is 5. The normalized spacial score (nSPS) is 14.4. The number of ether oxygens (including phenoxy) is 2. The van der Waals surface area contributed by atoms with Crippen molar-refractivity contribution in [3.8, 4) is 11.5 Å². The van der Waals surface area contributed by atoms with E-state index in [0.29, 0.717) is 37.4 Å². The minimum absolute atomic E-state index is 0.0627. The lowest BCUT2D eigenvalue weighted by Crippen LogP contribution is -2.41. The number of nitrogens with zero attached hydrogens (tertiary/aromatic N) is 3. The van der Waals surface area contributed by atoms with Crippen LogP contribution in [0.25, 0.3) is 0 Å². The molecule has 0 saturated carbocycles. The van der Waals surface area contributed by atoms with Gasteiger partial charge < -0.3 is 19.5 Å². The van der Waals surface area contributed by atoms with Gasteiger partial charge in [0.15, 0.2) is 18.1 Å². The van der Waals surface area contributed by atoms with Gasteiger partial charge in [-0.2, -0.15) is 5.10 Å². The number of hydrogen-bond donors (Lipinski definition) is 1. The lowest BCUT2D eigenvalue weighted by Gasteiger charge is -2.32. The highest BCUT2D eigenvalue weighted by Gasteiger charge is 2.25. The molecule has 2 heterocycles. The van der Waals surface area contributed by atoms with Crippen LogP contribution in [0.2, 0.25) is 0 Å². The molecule has 0 unspecified atom stereocenters. The van der Waals surface area contributed by atoms with E-state index in [1.54, 1.807) is 22.8 Å². The van der Waals surface area contributed by atoms with Crippen LogP contribution in [0.15, 0.2) is 43.2 Å². The summed E-state index contributed by atoms with van der Waals surface area (Å²) in [4.78, 5) is 25.3. The van der Waals surface area contributed by atoms with Crippen molar-refractivity contribution in [2.24, 2.45) is 0 Å². The average Bonchev–Trinajstić information content (AvgIpc) is 3.23. The summed E-state index contributed by atoms with van der Waals surface area (Å²) in [6.07, 6.45) is 6.86. The number of carboxylic acids is 1. The SMILES string of the molecule is C=CCc1ccc(OCC(=O)N2CCC(n3cc(C(=O)O)cn3)CC2)c(OC)c1. The standard InChI is InChI=1S/C21H25N3O5/c1-3-4-15-5-6-18(19(11-15)28-2)29-14-20(25)23-9-7-17(8-10-23)24-13-16(12-22-24)21(26)27/h3,5-6,11-13,17H,1,4,7-10,14H2,2H3,(H,26,27). The molecule has 1 saturated heterocycles. The number of carboxylic acid groups (broad SMARTS) is 1. The molecular weight excluding hydrogens is 374 g/mol. The second-order valence-electron chi connectivity index (χ2n) is 6.89. The highest BCUT2D eigenvalue weighted by Crippen LogP contribution is 2.29. The highest BCUT2D eigenvalue weighted by atomic mass is 16.5. The Hall–Kier alpha value is -3.29. The van der Waals surface area contributed by atoms with Gasteiger partial charge in [-0.3, -0.25) is 9.48 Å². The maximum atomic E-state index is 12.5. The van der Waals surface area contributed by atoms with E-state index in [1.165, 1.54) is 12.4 Å². The third-order valence-electron chi connectivity index (χ3n) is 5.00. The molecule has 154 valence electrons. The van der Waals surface area contributed by atoms with Crippen LogP contribution in [0.4, 0.5) is 0 Å². The summed E-state index contributed by atoms with van der Waals surface area (Å²) in [5.41, 5.74) is 1.23. The molecule has 0 spiro atoms. The number of likely N-dealkylation sites (tertiary alicyclic amines) is 1. The summed E-state index contributed by atoms with van der Waals surface area (Å²) in [5.74, 6) is 0.0337. The lowest BCUT2D eigenvalue weighted by atomic mass is 10.1. The number of benzene rings is 1. The molecule has 29 heavy (non-hydrogen) atoms. The van der Waals surface area contributed by atoms with Gasteiger partial charge >= 0.3 is 5.97 Å². The van der Waals surface area contributed by atoms with Crippen molar-refractivity contribution in [3.63, 3.8) is 0 Å². The van der Waals surface area contributed by atoms with Crippen LogP contribution in [0.5, 0.6) is 11.5 Å². The molecule has 1 aromatic heterocycles. The molecule has 8 nitrogen and oxygen atoms in total. The van der Waals surface area contributed by atoms with E-state index < -0.39 is 5.97 Å². The van der Waals surface area contributed by atoms with Crippen LogP contribution >= 0.6 is 0 Å². The number of carbonyl (C=O) groups is 2. The Morgan fingerprint density at radius 3 is 2.69 bits per heavy atom. The zero-order valence-corrected chi connectivity index (χ0v) is 16.4. The van der Waals surface area contributed by atoms with Gasteiger partial charge in [0.1, 0.15) is 0 Å². The van der Waals surface area contributed by atoms with E-state index >= 15 is 0 Å². The summed E-state index contributed by atoms with van der Waals surface area (Å²) < 4.78 is 12.7. The Bertz CT molecular complexity index is 884. The first kappa shape index (κ1) is 20.4. The number of rotatable bonds is 8. The molecule has 1 aromatic carbocycles. The fourth-order valence-electron chi connectivity index (χ4n) is 3.38. The molecule has 3 rings (SSSR count). The van der Waals surface area contributed by atoms with Crippen LogP contribution in [-0.2, 0) is 11.2 Å². The van der Waals surface area contributed by atoms with Crippen molar-refractivity contribution < 1.29 is 24.2 Å². The Morgan fingerprint density at radius 2 is 2.07 bits per heavy atom. The first-order valence-electron chi connectivity index (χ1n) is 9.47. The van der Waals surface area contributed by atoms with E-state index in [-0.39, 0.29) is 24.1 Å². The van der Waals surface area contributed by atoms with Crippen molar-refractivity contribution in [2.45, 2.75) is 25.3 Å². The lowest BCUT2D eigenvalue weighted by molar-refractivity contribution is -0.134. The largest absolute Gasteiger partial charge is 0.493 e. The van der Waals surface area contributed by atoms with Gasteiger partial charge in [0.05, 0.1) is 24.9 Å². The molecule has 1 aliphatic rings. The van der Waals surface area contributed by atoms with Gasteiger partial charge in [0.2, 0.25) is 0 Å². The maximum absolute atomic E-state index is 12.5. The third kappa shape index (κ3) is 4.96. The summed E-state index contributed by atoms with van der Waals surface area (Å²) in [6, 6.07) is 5.69. The zero-order valence-electron chi connectivity index (χ0n) is 16.4. The smallest absolute Gasteiger partial charge is 0.338 e. The molecule has 2 aromatic rings. The first-order valence-corrected chi connectivity index (χ1v) is 9.47. The minimum atomic E-state index is -0.992. The molecule has 0 radical (unpaired) electrons. The number of piperidine rings is 1. The zero-order chi connectivity index (χ0) is 20.8. The molecular formula is C21H25N3O5. The molecule has 8 heteroatoms. The summed E-state index contributed by atoms with van der Waals surface area (Å²) >= 11 is 0. The maximum Gasteiger partial charge on any atom is 0.338 e. The summed E-state index contributed by atoms with van der Waals surface area (Å²) in [5, 5.41) is 13.1. The highest BCUT2D eigenvalue weighted by molar-refractivity contribution is 5.86. The fraction of sp³-hybridized carbons (Fsp3) is 0.381. The van der Waals surface area contributed by atoms with E-state index in [0.717, 1.165) is 12.0 Å². The van der Waals surface area contributed by atoms with Gasteiger partial charge in [-0.05, 0) is 37.0 Å². The second-order valence-corrected chi connectivity index (χ2v) is 6.89. The topological polar surface area (TPSA) is 93.9 Å². The second kappa shape index (κ2) is 9.27. The Morgan fingerprint density at radius 1 is 1.31 bits per heavy atom. The summed E-state index contributed by atoms with van der Waals surface area (Å²) in [7, 11) is 1.57.